The third-order valence-corrected chi connectivity index (χ3v) is 7.50. The normalized spacial score (nSPS) is 21.0. The lowest BCUT2D eigenvalue weighted by atomic mass is 9.95. The Bertz CT molecular complexity index is 1250. The molecule has 0 radical (unpaired) electrons. The van der Waals surface area contributed by atoms with E-state index in [0.29, 0.717) is 29.1 Å². The Kier molecular flexibility index (Phi) is 8.08. The molecule has 190 valence electrons. The number of hydrogen-bond donors (Lipinski definition) is 2. The summed E-state index contributed by atoms with van der Waals surface area (Å²) < 4.78 is 5.68. The average molecular weight is 528 g/mol. The molecule has 2 bridgehead atoms. The molecular formula is C28H31Cl2N3O3. The number of rotatable bonds is 6. The monoisotopic (exact) mass is 527 g/mol. The first-order chi connectivity index (χ1) is 16.9. The predicted octanol–water partition coefficient (Wildman–Crippen LogP) is 5.81. The van der Waals surface area contributed by atoms with E-state index in [9.17, 15) is 9.59 Å². The van der Waals surface area contributed by atoms with Gasteiger partial charge < -0.3 is 15.4 Å². The molecule has 0 aliphatic carbocycles. The fraction of sp³-hybridized carbons (Fsp3) is 0.357. The van der Waals surface area contributed by atoms with Gasteiger partial charge in [0, 0.05) is 53.1 Å². The van der Waals surface area contributed by atoms with Crippen molar-refractivity contribution >= 4 is 52.3 Å². The Labute approximate surface area is 222 Å². The van der Waals surface area contributed by atoms with E-state index in [1.54, 1.807) is 13.2 Å². The Hall–Kier alpha value is -2.80. The zero-order valence-electron chi connectivity index (χ0n) is 20.4. The highest BCUT2D eigenvalue weighted by molar-refractivity contribution is 6.30. The number of hydrogen-bond acceptors (Lipinski definition) is 4. The van der Waals surface area contributed by atoms with Gasteiger partial charge in [-0.25, -0.2) is 0 Å². The number of amides is 2. The number of carbonyl (C=O) groups excluding carboxylic acids is 2. The molecule has 0 aromatic heterocycles. The molecule has 8 heteroatoms. The molecular weight excluding hydrogens is 497 g/mol. The summed E-state index contributed by atoms with van der Waals surface area (Å²) in [6.45, 7) is 2.37. The van der Waals surface area contributed by atoms with Gasteiger partial charge in [-0.1, -0.05) is 48.0 Å². The fourth-order valence-corrected chi connectivity index (χ4v) is 5.87. The first-order valence-corrected chi connectivity index (χ1v) is 12.5. The van der Waals surface area contributed by atoms with Gasteiger partial charge in [0.25, 0.3) is 5.91 Å². The second kappa shape index (κ2) is 11.1. The zero-order chi connectivity index (χ0) is 24.5. The fourth-order valence-electron chi connectivity index (χ4n) is 5.74. The third-order valence-electron chi connectivity index (χ3n) is 7.25. The quantitative estimate of drug-likeness (QED) is 0.424. The molecule has 0 saturated carbocycles. The summed E-state index contributed by atoms with van der Waals surface area (Å²) in [5, 5.41) is 8.52. The maximum absolute atomic E-state index is 13.5. The highest BCUT2D eigenvalue weighted by Gasteiger charge is 2.41. The van der Waals surface area contributed by atoms with E-state index in [1.807, 2.05) is 36.4 Å². The number of halogens is 2. The Morgan fingerprint density at radius 2 is 1.67 bits per heavy atom. The summed E-state index contributed by atoms with van der Waals surface area (Å²) in [5.74, 6) is 0.168. The van der Waals surface area contributed by atoms with Crippen molar-refractivity contribution in [1.82, 2.24) is 10.2 Å². The molecule has 6 nitrogen and oxygen atoms in total. The van der Waals surface area contributed by atoms with Gasteiger partial charge in [0.15, 0.2) is 0 Å². The van der Waals surface area contributed by atoms with Crippen LogP contribution in [-0.4, -0.2) is 41.9 Å². The summed E-state index contributed by atoms with van der Waals surface area (Å²) in [5.41, 5.74) is 2.31. The molecule has 2 N–H and O–H groups in total. The average Bonchev–Trinajstić information content (AvgIpc) is 3.07. The van der Waals surface area contributed by atoms with E-state index in [0.717, 1.165) is 48.0 Å². The van der Waals surface area contributed by atoms with Gasteiger partial charge in [-0.05, 0) is 49.4 Å². The van der Waals surface area contributed by atoms with Crippen LogP contribution >= 0.6 is 24.0 Å². The van der Waals surface area contributed by atoms with Crippen molar-refractivity contribution in [2.45, 2.75) is 57.3 Å². The summed E-state index contributed by atoms with van der Waals surface area (Å²) >= 11 is 6.05. The Morgan fingerprint density at radius 1 is 1.03 bits per heavy atom. The number of piperidine rings is 1. The van der Waals surface area contributed by atoms with Gasteiger partial charge in [0.05, 0.1) is 12.7 Å². The second-order valence-electron chi connectivity index (χ2n) is 9.56. The van der Waals surface area contributed by atoms with Crippen LogP contribution in [0.25, 0.3) is 10.8 Å². The van der Waals surface area contributed by atoms with Gasteiger partial charge >= 0.3 is 0 Å². The van der Waals surface area contributed by atoms with E-state index in [4.69, 9.17) is 16.3 Å². The molecule has 2 saturated heterocycles. The standard InChI is InChI=1S/C28H30ClN3O3.ClH/c1-17(33)30-26-15-25(27(35-2)24-6-4-3-5-23(24)26)28(34)31-20-13-21-11-12-22(14-20)32(21)16-18-7-9-19(29)10-8-18;/h3-10,15,20-22H,11-14,16H2,1-2H3,(H,30,33)(H,31,34);1H. The maximum Gasteiger partial charge on any atom is 0.255 e. The summed E-state index contributed by atoms with van der Waals surface area (Å²) in [6.07, 6.45) is 4.14. The lowest BCUT2D eigenvalue weighted by Gasteiger charge is -2.39. The first kappa shape index (κ1) is 26.3. The molecule has 2 heterocycles. The molecule has 5 rings (SSSR count). The van der Waals surface area contributed by atoms with Crippen LogP contribution < -0.4 is 15.4 Å². The molecule has 2 fully saturated rings. The number of methoxy groups -OCH3 is 1. The SMILES string of the molecule is COc1c(C(=O)NC2CC3CCC(C2)N3Cc2ccc(Cl)cc2)cc(NC(C)=O)c2ccccc12.Cl. The van der Waals surface area contributed by atoms with Crippen LogP contribution in [0.5, 0.6) is 5.75 Å². The number of nitrogens with zero attached hydrogens (tertiary/aromatic N) is 1. The lowest BCUT2D eigenvalue weighted by molar-refractivity contribution is -0.114. The minimum atomic E-state index is -0.184. The molecule has 0 spiro atoms. The summed E-state index contributed by atoms with van der Waals surface area (Å²) in [7, 11) is 1.58. The minimum absolute atomic E-state index is 0. The number of fused-ring (bicyclic) bond motifs is 3. The van der Waals surface area contributed by atoms with E-state index in [1.165, 1.54) is 12.5 Å². The van der Waals surface area contributed by atoms with Crippen LogP contribution in [0.2, 0.25) is 5.02 Å². The third kappa shape index (κ3) is 5.31. The summed E-state index contributed by atoms with van der Waals surface area (Å²) in [4.78, 5) is 27.9. The summed E-state index contributed by atoms with van der Waals surface area (Å²) in [6, 6.07) is 18.4. The Morgan fingerprint density at radius 3 is 2.28 bits per heavy atom. The van der Waals surface area contributed by atoms with E-state index >= 15 is 0 Å². The zero-order valence-corrected chi connectivity index (χ0v) is 22.0. The van der Waals surface area contributed by atoms with Gasteiger partial charge in [-0.2, -0.15) is 0 Å². The number of carbonyl (C=O) groups is 2. The lowest BCUT2D eigenvalue weighted by Crippen LogP contribution is -2.50. The number of anilines is 1. The van der Waals surface area contributed by atoms with E-state index in [-0.39, 0.29) is 30.3 Å². The molecule has 3 aromatic rings. The van der Waals surface area contributed by atoms with Crippen molar-refractivity contribution in [3.05, 3.63) is 70.7 Å². The molecule has 2 unspecified atom stereocenters. The van der Waals surface area contributed by atoms with Crippen LogP contribution in [0, 0.1) is 0 Å². The van der Waals surface area contributed by atoms with Gasteiger partial charge in [0.1, 0.15) is 5.75 Å². The van der Waals surface area contributed by atoms with Crippen LogP contribution in [-0.2, 0) is 11.3 Å². The van der Waals surface area contributed by atoms with Crippen molar-refractivity contribution in [3.63, 3.8) is 0 Å². The van der Waals surface area contributed by atoms with Crippen LogP contribution in [0.3, 0.4) is 0 Å². The van der Waals surface area contributed by atoms with Crippen LogP contribution in [0.4, 0.5) is 5.69 Å². The predicted molar refractivity (Wildman–Crippen MR) is 146 cm³/mol. The van der Waals surface area contributed by atoms with Gasteiger partial charge in [-0.15, -0.1) is 12.4 Å². The second-order valence-corrected chi connectivity index (χ2v) is 9.99. The van der Waals surface area contributed by atoms with Crippen molar-refractivity contribution in [1.29, 1.82) is 0 Å². The Balaban J connectivity index is 0.00000304. The van der Waals surface area contributed by atoms with Crippen LogP contribution in [0.15, 0.2) is 54.6 Å². The topological polar surface area (TPSA) is 70.7 Å². The van der Waals surface area contributed by atoms with Crippen molar-refractivity contribution in [2.24, 2.45) is 0 Å². The van der Waals surface area contributed by atoms with Crippen molar-refractivity contribution < 1.29 is 14.3 Å². The molecule has 2 amide bonds. The van der Waals surface area contributed by atoms with Crippen LogP contribution in [0.1, 0.15) is 48.5 Å². The largest absolute Gasteiger partial charge is 0.495 e. The number of benzene rings is 3. The smallest absolute Gasteiger partial charge is 0.255 e. The van der Waals surface area contributed by atoms with Crippen molar-refractivity contribution in [3.8, 4) is 5.75 Å². The minimum Gasteiger partial charge on any atom is -0.495 e. The van der Waals surface area contributed by atoms with Gasteiger partial charge in [0.2, 0.25) is 5.91 Å². The molecule has 2 atom stereocenters. The highest BCUT2D eigenvalue weighted by Crippen LogP contribution is 2.38. The van der Waals surface area contributed by atoms with Gasteiger partial charge in [-0.3, -0.25) is 14.5 Å². The molecule has 36 heavy (non-hydrogen) atoms. The van der Waals surface area contributed by atoms with E-state index < -0.39 is 0 Å². The number of ether oxygens (including phenoxy) is 1. The molecule has 3 aromatic carbocycles. The van der Waals surface area contributed by atoms with Crippen molar-refractivity contribution in [2.75, 3.05) is 12.4 Å². The number of nitrogens with one attached hydrogen (secondary N) is 2. The maximum atomic E-state index is 13.5. The van der Waals surface area contributed by atoms with E-state index in [2.05, 4.69) is 27.7 Å². The molecule has 2 aliphatic rings. The highest BCUT2D eigenvalue weighted by atomic mass is 35.5. The molecule has 2 aliphatic heterocycles. The first-order valence-electron chi connectivity index (χ1n) is 12.1.